The van der Waals surface area contributed by atoms with Gasteiger partial charge in [0, 0.05) is 12.2 Å². The largest absolute Gasteiger partial charge is 0.337 e. The van der Waals surface area contributed by atoms with E-state index in [1.165, 1.54) is 0 Å². The number of aryl methyl sites for hydroxylation is 2. The van der Waals surface area contributed by atoms with Crippen LogP contribution in [-0.4, -0.2) is 54.4 Å². The van der Waals surface area contributed by atoms with Gasteiger partial charge >= 0.3 is 0 Å². The summed E-state index contributed by atoms with van der Waals surface area (Å²) in [6, 6.07) is 2.08. The number of hydrogen-bond acceptors (Lipinski definition) is 4. The first-order valence-corrected chi connectivity index (χ1v) is 9.40. The Balaban J connectivity index is 2.04. The van der Waals surface area contributed by atoms with Crippen molar-refractivity contribution in [2.75, 3.05) is 19.3 Å². The minimum atomic E-state index is -3.35. The van der Waals surface area contributed by atoms with Crippen LogP contribution in [0.2, 0.25) is 0 Å². The van der Waals surface area contributed by atoms with Gasteiger partial charge in [-0.2, -0.15) is 5.10 Å². The molecule has 8 heteroatoms. The lowest BCUT2D eigenvalue weighted by atomic mass is 10.0. The van der Waals surface area contributed by atoms with Gasteiger partial charge in [0.15, 0.2) is 0 Å². The van der Waals surface area contributed by atoms with E-state index in [9.17, 15) is 13.2 Å². The second kappa shape index (κ2) is 6.78. The summed E-state index contributed by atoms with van der Waals surface area (Å²) in [7, 11) is -3.35. The Morgan fingerprint density at radius 2 is 2.14 bits per heavy atom. The van der Waals surface area contributed by atoms with E-state index in [0.717, 1.165) is 36.9 Å². The molecule has 2 heterocycles. The summed E-state index contributed by atoms with van der Waals surface area (Å²) >= 11 is 0. The molecule has 0 radical (unpaired) electrons. The van der Waals surface area contributed by atoms with E-state index in [-0.39, 0.29) is 18.5 Å². The second-order valence-electron chi connectivity index (χ2n) is 5.94. The summed E-state index contributed by atoms with van der Waals surface area (Å²) < 4.78 is 26.5. The van der Waals surface area contributed by atoms with Crippen molar-refractivity contribution in [1.82, 2.24) is 19.4 Å². The van der Waals surface area contributed by atoms with Crippen LogP contribution in [0.3, 0.4) is 0 Å². The van der Waals surface area contributed by atoms with Gasteiger partial charge in [0.05, 0.1) is 31.1 Å². The quantitative estimate of drug-likeness (QED) is 0.849. The number of aromatic nitrogens is 2. The third kappa shape index (κ3) is 4.54. The first-order chi connectivity index (χ1) is 10.3. The first-order valence-electron chi connectivity index (χ1n) is 7.51. The number of nitrogens with zero attached hydrogens (tertiary/aromatic N) is 3. The van der Waals surface area contributed by atoms with Crippen LogP contribution in [0.1, 0.15) is 30.7 Å². The van der Waals surface area contributed by atoms with E-state index in [2.05, 4.69) is 9.82 Å². The van der Waals surface area contributed by atoms with Gasteiger partial charge in [0.1, 0.15) is 0 Å². The summed E-state index contributed by atoms with van der Waals surface area (Å²) in [6.07, 6.45) is 4.01. The molecular weight excluding hydrogens is 304 g/mol. The number of sulfonamides is 1. The van der Waals surface area contributed by atoms with Gasteiger partial charge in [0.25, 0.3) is 0 Å². The van der Waals surface area contributed by atoms with Crippen molar-refractivity contribution in [1.29, 1.82) is 0 Å². The number of piperidine rings is 1. The van der Waals surface area contributed by atoms with Gasteiger partial charge < -0.3 is 4.90 Å². The molecule has 1 amide bonds. The predicted molar refractivity (Wildman–Crippen MR) is 83.9 cm³/mol. The number of rotatable bonds is 5. The number of carbonyl (C=O) groups excluding carboxylic acids is 1. The Morgan fingerprint density at radius 1 is 1.41 bits per heavy atom. The lowest BCUT2D eigenvalue weighted by Gasteiger charge is -2.36. The summed E-state index contributed by atoms with van der Waals surface area (Å²) in [4.78, 5) is 14.1. The fourth-order valence-electron chi connectivity index (χ4n) is 2.87. The van der Waals surface area contributed by atoms with Crippen molar-refractivity contribution >= 4 is 15.9 Å². The van der Waals surface area contributed by atoms with Crippen LogP contribution >= 0.6 is 0 Å². The van der Waals surface area contributed by atoms with E-state index in [4.69, 9.17) is 0 Å². The minimum Gasteiger partial charge on any atom is -0.337 e. The van der Waals surface area contributed by atoms with Crippen molar-refractivity contribution in [3.8, 4) is 0 Å². The van der Waals surface area contributed by atoms with Crippen LogP contribution in [-0.2, 0) is 21.4 Å². The maximum Gasteiger partial charge on any atom is 0.237 e. The molecule has 124 valence electrons. The molecular formula is C14H24N4O3S. The number of amides is 1. The van der Waals surface area contributed by atoms with Crippen LogP contribution in [0.15, 0.2) is 6.07 Å². The van der Waals surface area contributed by atoms with Crippen LogP contribution < -0.4 is 4.72 Å². The van der Waals surface area contributed by atoms with E-state index in [1.807, 2.05) is 24.6 Å². The summed E-state index contributed by atoms with van der Waals surface area (Å²) in [5.41, 5.74) is 2.04. The first kappa shape index (κ1) is 17.0. The molecule has 1 aliphatic heterocycles. The molecule has 1 aliphatic rings. The maximum absolute atomic E-state index is 12.3. The zero-order chi connectivity index (χ0) is 16.3. The minimum absolute atomic E-state index is 0.0700. The molecule has 22 heavy (non-hydrogen) atoms. The molecule has 1 atom stereocenters. The van der Waals surface area contributed by atoms with E-state index >= 15 is 0 Å². The molecule has 7 nitrogen and oxygen atoms in total. The number of nitrogens with one attached hydrogen (secondary N) is 1. The number of likely N-dealkylation sites (tertiary alicyclic amines) is 1. The molecule has 0 bridgehead atoms. The summed E-state index contributed by atoms with van der Waals surface area (Å²) in [6.45, 7) is 5.11. The monoisotopic (exact) mass is 328 g/mol. The highest BCUT2D eigenvalue weighted by Crippen LogP contribution is 2.19. The molecule has 1 aromatic heterocycles. The van der Waals surface area contributed by atoms with Gasteiger partial charge in [-0.1, -0.05) is 0 Å². The van der Waals surface area contributed by atoms with Gasteiger partial charge in [-0.25, -0.2) is 13.1 Å². The molecule has 2 rings (SSSR count). The van der Waals surface area contributed by atoms with Crippen molar-refractivity contribution in [3.63, 3.8) is 0 Å². The molecule has 0 aliphatic carbocycles. The Kier molecular flexibility index (Phi) is 5.23. The van der Waals surface area contributed by atoms with E-state index in [0.29, 0.717) is 13.1 Å². The third-order valence-corrected chi connectivity index (χ3v) is 4.59. The Hall–Kier alpha value is -1.41. The highest BCUT2D eigenvalue weighted by atomic mass is 32.2. The highest BCUT2D eigenvalue weighted by Gasteiger charge is 2.27. The third-order valence-electron chi connectivity index (χ3n) is 3.92. The number of hydrogen-bond donors (Lipinski definition) is 1. The molecule has 1 N–H and O–H groups in total. The van der Waals surface area contributed by atoms with Crippen molar-refractivity contribution in [2.24, 2.45) is 0 Å². The van der Waals surface area contributed by atoms with Crippen molar-refractivity contribution < 1.29 is 13.2 Å². The fraction of sp³-hybridized carbons (Fsp3) is 0.714. The zero-order valence-electron chi connectivity index (χ0n) is 13.4. The van der Waals surface area contributed by atoms with Gasteiger partial charge in [0.2, 0.25) is 15.9 Å². The van der Waals surface area contributed by atoms with Crippen molar-refractivity contribution in [3.05, 3.63) is 17.5 Å². The zero-order valence-corrected chi connectivity index (χ0v) is 14.2. The topological polar surface area (TPSA) is 84.3 Å². The fourth-order valence-corrected chi connectivity index (χ4v) is 3.26. The standard InChI is InChI=1S/C14H24N4O3S/c1-11-8-12(2)18(16-11)10-13-6-4-5-7-17(13)14(19)9-15-22(3,20)21/h8,13,15H,4-7,9-10H2,1-3H3/t13-/m0/s1. The summed E-state index contributed by atoms with van der Waals surface area (Å²) in [5, 5.41) is 4.45. The van der Waals surface area contributed by atoms with Gasteiger partial charge in [-0.3, -0.25) is 9.48 Å². The molecule has 0 spiro atoms. The average molecular weight is 328 g/mol. The predicted octanol–water partition coefficient (Wildman–Crippen LogP) is 0.430. The maximum atomic E-state index is 12.3. The average Bonchev–Trinajstić information content (AvgIpc) is 2.74. The molecule has 1 saturated heterocycles. The second-order valence-corrected chi connectivity index (χ2v) is 7.77. The van der Waals surface area contributed by atoms with E-state index in [1.54, 1.807) is 4.90 Å². The number of carbonyl (C=O) groups is 1. The Labute approximate surface area is 131 Å². The molecule has 0 saturated carbocycles. The van der Waals surface area contributed by atoms with E-state index < -0.39 is 10.0 Å². The molecule has 1 fully saturated rings. The van der Waals surface area contributed by atoms with Crippen LogP contribution in [0.4, 0.5) is 0 Å². The highest BCUT2D eigenvalue weighted by molar-refractivity contribution is 7.88. The SMILES string of the molecule is Cc1cc(C)n(C[C@@H]2CCCCN2C(=O)CNS(C)(=O)=O)n1. The molecule has 1 aromatic rings. The lowest BCUT2D eigenvalue weighted by molar-refractivity contribution is -0.133. The van der Waals surface area contributed by atoms with Crippen LogP contribution in [0, 0.1) is 13.8 Å². The van der Waals surface area contributed by atoms with Crippen LogP contribution in [0.5, 0.6) is 0 Å². The van der Waals surface area contributed by atoms with Gasteiger partial charge in [-0.05, 0) is 39.2 Å². The van der Waals surface area contributed by atoms with Crippen LogP contribution in [0.25, 0.3) is 0 Å². The van der Waals surface area contributed by atoms with Crippen molar-refractivity contribution in [2.45, 2.75) is 45.7 Å². The smallest absolute Gasteiger partial charge is 0.237 e. The molecule has 0 unspecified atom stereocenters. The lowest BCUT2D eigenvalue weighted by Crippen LogP contribution is -2.49. The normalized spacial score (nSPS) is 19.4. The Bertz CT molecular complexity index is 639. The summed E-state index contributed by atoms with van der Waals surface area (Å²) in [5.74, 6) is -0.170. The molecule has 0 aromatic carbocycles. The Morgan fingerprint density at radius 3 is 2.73 bits per heavy atom. The van der Waals surface area contributed by atoms with Gasteiger partial charge in [-0.15, -0.1) is 0 Å².